The topological polar surface area (TPSA) is 191 Å². The number of rotatable bonds is 12. The zero-order valence-electron chi connectivity index (χ0n) is 20.1. The number of H-pyrrole nitrogens is 1. The van der Waals surface area contributed by atoms with E-state index in [9.17, 15) is 14.2 Å². The van der Waals surface area contributed by atoms with Crippen molar-refractivity contribution >= 4 is 30.8 Å². The Morgan fingerprint density at radius 3 is 2.89 bits per heavy atom. The predicted octanol–water partition coefficient (Wildman–Crippen LogP) is 0.945. The normalized spacial score (nSPS) is 19.9. The molecule has 1 fully saturated rings. The molecule has 0 aliphatic carbocycles. The summed E-state index contributed by atoms with van der Waals surface area (Å²) in [6.45, 7) is 1.46. The van der Waals surface area contributed by atoms with Gasteiger partial charge in [0.15, 0.2) is 23.7 Å². The molecule has 1 saturated heterocycles. The Kier molecular flexibility index (Phi) is 8.53. The fraction of sp³-hybridized carbons (Fsp3) is 0.429. The minimum Gasteiger partial charge on any atom is -0.462 e. The van der Waals surface area contributed by atoms with E-state index in [0.717, 1.165) is 0 Å². The van der Waals surface area contributed by atoms with E-state index in [2.05, 4.69) is 20.0 Å². The maximum atomic E-state index is 13.6. The number of carbonyl (C=O) groups is 1. The number of hydrogen-bond donors (Lipinski definition) is 3. The van der Waals surface area contributed by atoms with Crippen LogP contribution in [0.3, 0.4) is 0 Å². The van der Waals surface area contributed by atoms with Crippen molar-refractivity contribution in [3.05, 3.63) is 47.0 Å². The van der Waals surface area contributed by atoms with E-state index in [-0.39, 0.29) is 49.3 Å². The fourth-order valence-corrected chi connectivity index (χ4v) is 4.82. The van der Waals surface area contributed by atoms with Crippen molar-refractivity contribution in [1.82, 2.24) is 24.6 Å². The molecule has 3 aromatic rings. The van der Waals surface area contributed by atoms with Gasteiger partial charge in [0.05, 0.1) is 19.5 Å². The van der Waals surface area contributed by atoms with Crippen molar-refractivity contribution < 1.29 is 37.4 Å². The lowest BCUT2D eigenvalue weighted by molar-refractivity contribution is -0.146. The third-order valence-electron chi connectivity index (χ3n) is 5.08. The van der Waals surface area contributed by atoms with Gasteiger partial charge < -0.3 is 29.2 Å². The van der Waals surface area contributed by atoms with Crippen LogP contribution in [-0.2, 0) is 32.8 Å². The molecular weight excluding hydrogens is 511 g/mol. The van der Waals surface area contributed by atoms with Crippen molar-refractivity contribution in [3.63, 3.8) is 0 Å². The molecule has 4 N–H and O–H groups in total. The molecule has 16 heteroatoms. The lowest BCUT2D eigenvalue weighted by Gasteiger charge is -2.23. The van der Waals surface area contributed by atoms with E-state index < -0.39 is 37.8 Å². The van der Waals surface area contributed by atoms with Crippen molar-refractivity contribution in [2.24, 2.45) is 0 Å². The van der Waals surface area contributed by atoms with Gasteiger partial charge >= 0.3 is 13.7 Å². The summed E-state index contributed by atoms with van der Waals surface area (Å²) in [7, 11) is -2.63. The van der Waals surface area contributed by atoms with Gasteiger partial charge in [-0.3, -0.25) is 23.7 Å². The number of imidazole rings is 1. The highest BCUT2D eigenvalue weighted by Gasteiger charge is 2.36. The standard InChI is InChI=1S/C21H27N6O9P/c1-13(20(29)32-9-8-31-2)26-37(30,36-14-6-4-3-5-7-14)34-11-16-33-10-15(35-16)27-12-23-17-18(27)24-21(22)25-19(17)28/h3-7,12-13,15-16H,8-11H2,1-2H3,(H,26,30)(H3,22,24,25,28)/t13-,15+,16+,37?/m0/s1. The lowest BCUT2D eigenvalue weighted by atomic mass is 10.3. The number of nitrogens with zero attached hydrogens (tertiary/aromatic N) is 3. The summed E-state index contributed by atoms with van der Waals surface area (Å²) in [5.74, 6) is -0.485. The number of ether oxygens (including phenoxy) is 4. The molecule has 37 heavy (non-hydrogen) atoms. The van der Waals surface area contributed by atoms with Crippen LogP contribution in [0.1, 0.15) is 13.2 Å². The third kappa shape index (κ3) is 6.71. The SMILES string of the molecule is COCCOC(=O)[C@H](C)NP(=O)(OC[C@@H]1OC[C@H](n2cnc3c(=O)[nH]c(N)nc32)O1)Oc1ccccc1. The number of nitrogen functional groups attached to an aromatic ring is 1. The molecule has 0 amide bonds. The van der Waals surface area contributed by atoms with E-state index in [1.54, 1.807) is 30.3 Å². The van der Waals surface area contributed by atoms with E-state index in [1.165, 1.54) is 24.9 Å². The van der Waals surface area contributed by atoms with Gasteiger partial charge in [0.2, 0.25) is 5.95 Å². The van der Waals surface area contributed by atoms with Crippen LogP contribution in [0.5, 0.6) is 5.75 Å². The summed E-state index contributed by atoms with van der Waals surface area (Å²) >= 11 is 0. The number of aromatic nitrogens is 4. The Balaban J connectivity index is 1.42. The number of carbonyl (C=O) groups excluding carboxylic acids is 1. The highest BCUT2D eigenvalue weighted by Crippen LogP contribution is 2.45. The number of fused-ring (bicyclic) bond motifs is 1. The fourth-order valence-electron chi connectivity index (χ4n) is 3.34. The minimum atomic E-state index is -4.11. The Morgan fingerprint density at radius 1 is 1.35 bits per heavy atom. The average Bonchev–Trinajstić information content (AvgIpc) is 3.50. The van der Waals surface area contributed by atoms with Gasteiger partial charge in [0, 0.05) is 7.11 Å². The van der Waals surface area contributed by atoms with Crippen LogP contribution in [0.25, 0.3) is 11.2 Å². The molecule has 0 radical (unpaired) electrons. The quantitative estimate of drug-likeness (QED) is 0.168. The molecule has 1 aromatic carbocycles. The molecule has 200 valence electrons. The number of hydrogen-bond acceptors (Lipinski definition) is 12. The number of nitrogens with two attached hydrogens (primary N) is 1. The monoisotopic (exact) mass is 538 g/mol. The zero-order valence-corrected chi connectivity index (χ0v) is 21.0. The van der Waals surface area contributed by atoms with Crippen LogP contribution in [0.4, 0.5) is 5.95 Å². The van der Waals surface area contributed by atoms with Crippen molar-refractivity contribution in [2.75, 3.05) is 39.3 Å². The second-order valence-corrected chi connectivity index (χ2v) is 9.53. The van der Waals surface area contributed by atoms with Crippen molar-refractivity contribution in [2.45, 2.75) is 25.5 Å². The van der Waals surface area contributed by atoms with Crippen LogP contribution in [0.15, 0.2) is 41.5 Å². The minimum absolute atomic E-state index is 0.0342. The average molecular weight is 538 g/mol. The molecule has 1 aliphatic rings. The lowest BCUT2D eigenvalue weighted by Crippen LogP contribution is -2.36. The summed E-state index contributed by atoms with van der Waals surface area (Å²) < 4.78 is 47.6. The Hall–Kier alpha value is -3.33. The summed E-state index contributed by atoms with van der Waals surface area (Å²) in [4.78, 5) is 34.8. The maximum Gasteiger partial charge on any atom is 0.459 e. The molecule has 3 heterocycles. The van der Waals surface area contributed by atoms with E-state index >= 15 is 0 Å². The number of aromatic amines is 1. The van der Waals surface area contributed by atoms with Gasteiger partial charge in [-0.15, -0.1) is 0 Å². The van der Waals surface area contributed by atoms with Crippen LogP contribution < -0.4 is 20.9 Å². The van der Waals surface area contributed by atoms with Gasteiger partial charge in [-0.2, -0.15) is 10.1 Å². The maximum absolute atomic E-state index is 13.6. The van der Waals surface area contributed by atoms with Gasteiger partial charge in [-0.05, 0) is 19.1 Å². The second-order valence-electron chi connectivity index (χ2n) is 7.84. The largest absolute Gasteiger partial charge is 0.462 e. The number of anilines is 1. The summed E-state index contributed by atoms with van der Waals surface area (Å²) in [5, 5.41) is 2.58. The van der Waals surface area contributed by atoms with E-state index in [0.29, 0.717) is 0 Å². The van der Waals surface area contributed by atoms with Crippen LogP contribution in [0, 0.1) is 0 Å². The number of methoxy groups -OCH3 is 1. The van der Waals surface area contributed by atoms with Gasteiger partial charge in [0.25, 0.3) is 5.56 Å². The first kappa shape index (κ1) is 26.7. The number of para-hydroxylation sites is 1. The Morgan fingerprint density at radius 2 is 2.14 bits per heavy atom. The molecular formula is C21H27N6O9P. The molecule has 0 bridgehead atoms. The molecule has 1 unspecified atom stereocenters. The summed E-state index contributed by atoms with van der Waals surface area (Å²) in [6.07, 6.45) is -0.282. The van der Waals surface area contributed by atoms with Gasteiger partial charge in [-0.1, -0.05) is 18.2 Å². The smallest absolute Gasteiger partial charge is 0.459 e. The van der Waals surface area contributed by atoms with Gasteiger partial charge in [-0.25, -0.2) is 9.55 Å². The first-order chi connectivity index (χ1) is 17.8. The summed E-state index contributed by atoms with van der Waals surface area (Å²) in [5.41, 5.74) is 5.47. The number of benzene rings is 1. The molecule has 4 rings (SSSR count). The highest BCUT2D eigenvalue weighted by molar-refractivity contribution is 7.52. The van der Waals surface area contributed by atoms with E-state index in [1.807, 2.05) is 0 Å². The third-order valence-corrected chi connectivity index (χ3v) is 6.72. The first-order valence-corrected chi connectivity index (χ1v) is 12.7. The molecule has 0 spiro atoms. The Bertz CT molecular complexity index is 1320. The first-order valence-electron chi connectivity index (χ1n) is 11.2. The van der Waals surface area contributed by atoms with Crippen molar-refractivity contribution in [3.8, 4) is 5.75 Å². The van der Waals surface area contributed by atoms with Crippen LogP contribution >= 0.6 is 7.75 Å². The van der Waals surface area contributed by atoms with E-state index in [4.69, 9.17) is 33.7 Å². The predicted molar refractivity (Wildman–Crippen MR) is 128 cm³/mol. The molecule has 2 aromatic heterocycles. The number of esters is 1. The molecule has 15 nitrogen and oxygen atoms in total. The Labute approximate surface area is 210 Å². The number of nitrogens with one attached hydrogen (secondary N) is 2. The molecule has 4 atom stereocenters. The van der Waals surface area contributed by atoms with Crippen LogP contribution in [-0.4, -0.2) is 71.4 Å². The molecule has 0 saturated carbocycles. The summed E-state index contributed by atoms with van der Waals surface area (Å²) in [6, 6.07) is 7.29. The van der Waals surface area contributed by atoms with Crippen LogP contribution in [0.2, 0.25) is 0 Å². The zero-order chi connectivity index (χ0) is 26.4. The van der Waals surface area contributed by atoms with Crippen molar-refractivity contribution in [1.29, 1.82) is 0 Å². The highest BCUT2D eigenvalue weighted by atomic mass is 31.2. The second kappa shape index (κ2) is 11.8. The molecule has 1 aliphatic heterocycles. The van der Waals surface area contributed by atoms with Gasteiger partial charge in [0.1, 0.15) is 25.0 Å².